The van der Waals surface area contributed by atoms with E-state index < -0.39 is 17.7 Å². The van der Waals surface area contributed by atoms with Crippen molar-refractivity contribution in [3.63, 3.8) is 0 Å². The quantitative estimate of drug-likeness (QED) is 0.764. The van der Waals surface area contributed by atoms with Crippen molar-refractivity contribution in [3.05, 3.63) is 0 Å². The van der Waals surface area contributed by atoms with Crippen LogP contribution in [0.5, 0.6) is 0 Å². The van der Waals surface area contributed by atoms with Crippen LogP contribution in [0.3, 0.4) is 0 Å². The molecule has 2 fully saturated rings. The summed E-state index contributed by atoms with van der Waals surface area (Å²) in [7, 11) is 0. The van der Waals surface area contributed by atoms with Crippen molar-refractivity contribution < 1.29 is 24.1 Å². The molecule has 2 heterocycles. The maximum Gasteiger partial charge on any atom is 0.163 e. The molecule has 0 spiro atoms. The van der Waals surface area contributed by atoms with Gasteiger partial charge in [-0.1, -0.05) is 26.2 Å². The van der Waals surface area contributed by atoms with E-state index in [1.54, 1.807) is 0 Å². The van der Waals surface area contributed by atoms with Crippen molar-refractivity contribution >= 4 is 0 Å². The van der Waals surface area contributed by atoms with Gasteiger partial charge in [-0.05, 0) is 34.1 Å². The van der Waals surface area contributed by atoms with E-state index in [-0.39, 0.29) is 18.3 Å². The first-order chi connectivity index (χ1) is 9.74. The molecule has 0 unspecified atom stereocenters. The van der Waals surface area contributed by atoms with Gasteiger partial charge in [0.15, 0.2) is 11.6 Å². The Bertz CT molecular complexity index is 342. The molecule has 5 nitrogen and oxygen atoms in total. The van der Waals surface area contributed by atoms with Crippen molar-refractivity contribution in [2.45, 2.75) is 96.3 Å². The first-order valence-electron chi connectivity index (χ1n) is 8.09. The van der Waals surface area contributed by atoms with E-state index in [0.717, 1.165) is 19.3 Å². The Labute approximate surface area is 127 Å². The molecular formula is C16H30O5. The average molecular weight is 302 g/mol. The number of aliphatic hydroxyl groups is 1. The van der Waals surface area contributed by atoms with Crippen LogP contribution in [0.25, 0.3) is 0 Å². The lowest BCUT2D eigenvalue weighted by Gasteiger charge is -2.27. The van der Waals surface area contributed by atoms with Crippen LogP contribution in [0.4, 0.5) is 0 Å². The van der Waals surface area contributed by atoms with Gasteiger partial charge in [0.05, 0.1) is 12.7 Å². The second-order valence-electron chi connectivity index (χ2n) is 6.99. The predicted molar refractivity (Wildman–Crippen MR) is 78.9 cm³/mol. The van der Waals surface area contributed by atoms with Gasteiger partial charge in [-0.15, -0.1) is 0 Å². The first kappa shape index (κ1) is 17.2. The number of hydrogen-bond donors (Lipinski definition) is 1. The zero-order valence-electron chi connectivity index (χ0n) is 13.9. The van der Waals surface area contributed by atoms with E-state index in [4.69, 9.17) is 18.9 Å². The maximum atomic E-state index is 10.6. The van der Waals surface area contributed by atoms with Crippen LogP contribution in [-0.2, 0) is 18.9 Å². The fraction of sp³-hybridized carbons (Fsp3) is 1.00. The molecule has 21 heavy (non-hydrogen) atoms. The lowest BCUT2D eigenvalue weighted by atomic mass is 9.99. The van der Waals surface area contributed by atoms with Crippen LogP contribution in [0, 0.1) is 0 Å². The molecular weight excluding hydrogens is 272 g/mol. The third-order valence-electron chi connectivity index (χ3n) is 4.06. The molecule has 0 saturated carbocycles. The minimum atomic E-state index is -0.736. The summed E-state index contributed by atoms with van der Waals surface area (Å²) in [5, 5.41) is 10.6. The Balaban J connectivity index is 1.97. The Kier molecular flexibility index (Phi) is 5.31. The highest BCUT2D eigenvalue weighted by Gasteiger charge is 2.49. The third-order valence-corrected chi connectivity index (χ3v) is 4.06. The molecule has 2 rings (SSSR count). The third kappa shape index (κ3) is 4.39. The monoisotopic (exact) mass is 302 g/mol. The highest BCUT2D eigenvalue weighted by Crippen LogP contribution is 2.36. The maximum absolute atomic E-state index is 10.6. The van der Waals surface area contributed by atoms with Crippen molar-refractivity contribution in [1.29, 1.82) is 0 Å². The number of ether oxygens (including phenoxy) is 4. The minimum absolute atomic E-state index is 0.0890. The van der Waals surface area contributed by atoms with E-state index in [1.807, 2.05) is 27.7 Å². The van der Waals surface area contributed by atoms with Crippen LogP contribution < -0.4 is 0 Å². The Morgan fingerprint density at radius 2 is 1.76 bits per heavy atom. The van der Waals surface area contributed by atoms with Crippen molar-refractivity contribution in [2.24, 2.45) is 0 Å². The zero-order chi connectivity index (χ0) is 15.7. The lowest BCUT2D eigenvalue weighted by Crippen LogP contribution is -2.45. The Hall–Kier alpha value is -0.200. The van der Waals surface area contributed by atoms with Crippen molar-refractivity contribution in [2.75, 3.05) is 6.61 Å². The largest absolute Gasteiger partial charge is 0.387 e. The molecule has 2 saturated heterocycles. The molecule has 5 heteroatoms. The summed E-state index contributed by atoms with van der Waals surface area (Å²) in [5.74, 6) is -1.30. The van der Waals surface area contributed by atoms with E-state index in [9.17, 15) is 5.11 Å². The SMILES string of the molecule is CCCCC[C@H]1OC(C)(C)O[C@H]1[C@H](O)[C@H]1COC(C)(C)O1. The summed E-state index contributed by atoms with van der Waals surface area (Å²) in [6, 6.07) is 0. The van der Waals surface area contributed by atoms with E-state index >= 15 is 0 Å². The fourth-order valence-corrected chi connectivity index (χ4v) is 3.07. The van der Waals surface area contributed by atoms with Crippen LogP contribution in [0.1, 0.15) is 60.3 Å². The van der Waals surface area contributed by atoms with Gasteiger partial charge >= 0.3 is 0 Å². The van der Waals surface area contributed by atoms with Crippen LogP contribution in [0.15, 0.2) is 0 Å². The number of unbranched alkanes of at least 4 members (excludes halogenated alkanes) is 2. The molecule has 0 aromatic rings. The van der Waals surface area contributed by atoms with Crippen LogP contribution in [0.2, 0.25) is 0 Å². The molecule has 124 valence electrons. The average Bonchev–Trinajstić information content (AvgIpc) is 2.88. The van der Waals surface area contributed by atoms with Crippen LogP contribution in [-0.4, -0.2) is 47.7 Å². The van der Waals surface area contributed by atoms with Gasteiger partial charge in [0.1, 0.15) is 18.3 Å². The summed E-state index contributed by atoms with van der Waals surface area (Å²) in [6.07, 6.45) is 2.76. The summed E-state index contributed by atoms with van der Waals surface area (Å²) < 4.78 is 23.2. The van der Waals surface area contributed by atoms with Gasteiger partial charge in [-0.25, -0.2) is 0 Å². The standard InChI is InChI=1S/C16H30O5/c1-6-7-8-9-11-14(21-16(4,5)19-11)13(17)12-10-18-15(2,3)20-12/h11-14,17H,6-10H2,1-5H3/t11-,12-,13-,14-/m1/s1. The highest BCUT2D eigenvalue weighted by atomic mass is 16.8. The summed E-state index contributed by atoms with van der Waals surface area (Å²) >= 11 is 0. The van der Waals surface area contributed by atoms with Crippen molar-refractivity contribution in [3.8, 4) is 0 Å². The van der Waals surface area contributed by atoms with Crippen LogP contribution >= 0.6 is 0 Å². The summed E-state index contributed by atoms with van der Waals surface area (Å²) in [5.41, 5.74) is 0. The molecule has 0 bridgehead atoms. The lowest BCUT2D eigenvalue weighted by molar-refractivity contribution is -0.178. The first-order valence-corrected chi connectivity index (χ1v) is 8.09. The predicted octanol–water partition coefficient (Wildman–Crippen LogP) is 2.60. The van der Waals surface area contributed by atoms with Gasteiger partial charge in [0, 0.05) is 0 Å². The molecule has 0 aromatic carbocycles. The summed E-state index contributed by atoms with van der Waals surface area (Å²) in [4.78, 5) is 0. The van der Waals surface area contributed by atoms with Gasteiger partial charge in [-0.3, -0.25) is 0 Å². The van der Waals surface area contributed by atoms with Crippen molar-refractivity contribution in [1.82, 2.24) is 0 Å². The smallest absolute Gasteiger partial charge is 0.163 e. The normalized spacial score (nSPS) is 36.0. The fourth-order valence-electron chi connectivity index (χ4n) is 3.07. The highest BCUT2D eigenvalue weighted by molar-refractivity contribution is 4.92. The zero-order valence-corrected chi connectivity index (χ0v) is 13.9. The molecule has 0 amide bonds. The van der Waals surface area contributed by atoms with Gasteiger partial charge in [-0.2, -0.15) is 0 Å². The molecule has 2 aliphatic heterocycles. The minimum Gasteiger partial charge on any atom is -0.387 e. The summed E-state index contributed by atoms with van der Waals surface area (Å²) in [6.45, 7) is 10.1. The van der Waals surface area contributed by atoms with E-state index in [2.05, 4.69) is 6.92 Å². The molecule has 1 N–H and O–H groups in total. The number of aliphatic hydroxyl groups excluding tert-OH is 1. The number of hydrogen-bond acceptors (Lipinski definition) is 5. The van der Waals surface area contributed by atoms with Gasteiger partial charge in [0.25, 0.3) is 0 Å². The molecule has 4 atom stereocenters. The topological polar surface area (TPSA) is 57.2 Å². The van der Waals surface area contributed by atoms with E-state index in [1.165, 1.54) is 6.42 Å². The molecule has 0 radical (unpaired) electrons. The van der Waals surface area contributed by atoms with Gasteiger partial charge < -0.3 is 24.1 Å². The second-order valence-corrected chi connectivity index (χ2v) is 6.99. The Morgan fingerprint density at radius 3 is 2.33 bits per heavy atom. The molecule has 0 aromatic heterocycles. The molecule has 2 aliphatic rings. The number of rotatable bonds is 6. The van der Waals surface area contributed by atoms with E-state index in [0.29, 0.717) is 6.61 Å². The Morgan fingerprint density at radius 1 is 1.05 bits per heavy atom. The second kappa shape index (κ2) is 6.50. The molecule has 0 aliphatic carbocycles. The van der Waals surface area contributed by atoms with Gasteiger partial charge in [0.2, 0.25) is 0 Å².